The van der Waals surface area contributed by atoms with Crippen molar-refractivity contribution in [1.29, 1.82) is 0 Å². The van der Waals surface area contributed by atoms with Crippen LogP contribution in [-0.4, -0.2) is 21.6 Å². The molecular formula is C22H22N4S3. The first-order valence-electron chi connectivity index (χ1n) is 9.69. The molecule has 3 aromatic heterocycles. The van der Waals surface area contributed by atoms with Crippen LogP contribution >= 0.6 is 34.9 Å². The first-order valence-corrected chi connectivity index (χ1v) is 11.9. The number of unbranched alkanes of at least 4 members (excludes halogenated alkanes) is 2. The van der Waals surface area contributed by atoms with E-state index in [-0.39, 0.29) is 0 Å². The van der Waals surface area contributed by atoms with Gasteiger partial charge in [-0.3, -0.25) is 0 Å². The van der Waals surface area contributed by atoms with Gasteiger partial charge >= 0.3 is 0 Å². The molecule has 0 amide bonds. The van der Waals surface area contributed by atoms with Crippen molar-refractivity contribution >= 4 is 56.7 Å². The van der Waals surface area contributed by atoms with Crippen molar-refractivity contribution in [3.8, 4) is 21.1 Å². The molecule has 29 heavy (non-hydrogen) atoms. The summed E-state index contributed by atoms with van der Waals surface area (Å²) in [6.07, 6.45) is 3.53. The van der Waals surface area contributed by atoms with Crippen LogP contribution in [0.1, 0.15) is 26.2 Å². The number of rotatable bonds is 7. The summed E-state index contributed by atoms with van der Waals surface area (Å²) in [5, 5.41) is 11.3. The number of aromatic nitrogens is 2. The minimum absolute atomic E-state index is 0.641. The lowest BCUT2D eigenvalue weighted by atomic mass is 10.2. The van der Waals surface area contributed by atoms with Gasteiger partial charge in [0.2, 0.25) is 0 Å². The molecular weight excluding hydrogens is 416 g/mol. The number of fused-ring (bicyclic) bond motifs is 1. The van der Waals surface area contributed by atoms with Crippen LogP contribution in [0.2, 0.25) is 0 Å². The van der Waals surface area contributed by atoms with E-state index < -0.39 is 0 Å². The van der Waals surface area contributed by atoms with E-state index in [2.05, 4.69) is 40.5 Å². The number of hydrogen-bond acceptors (Lipinski definition) is 5. The van der Waals surface area contributed by atoms with Crippen molar-refractivity contribution in [1.82, 2.24) is 15.3 Å². The van der Waals surface area contributed by atoms with Gasteiger partial charge in [0.15, 0.2) is 5.11 Å². The normalized spacial score (nSPS) is 10.9. The molecule has 0 radical (unpaired) electrons. The van der Waals surface area contributed by atoms with Crippen molar-refractivity contribution < 1.29 is 0 Å². The first-order chi connectivity index (χ1) is 14.2. The SMILES string of the molecule is CCCCCNC(=S)Nc1ccc2nc(-c3cccs3)c(-c3cccs3)nc2c1. The molecule has 0 spiro atoms. The van der Waals surface area contributed by atoms with Gasteiger partial charge in [-0.15, -0.1) is 22.7 Å². The molecule has 4 aromatic rings. The van der Waals surface area contributed by atoms with E-state index in [9.17, 15) is 0 Å². The highest BCUT2D eigenvalue weighted by Crippen LogP contribution is 2.35. The summed E-state index contributed by atoms with van der Waals surface area (Å²) in [4.78, 5) is 12.2. The maximum Gasteiger partial charge on any atom is 0.170 e. The molecule has 0 saturated heterocycles. The van der Waals surface area contributed by atoms with Crippen LogP contribution in [0.5, 0.6) is 0 Å². The zero-order chi connectivity index (χ0) is 20.1. The van der Waals surface area contributed by atoms with E-state index >= 15 is 0 Å². The molecule has 0 bridgehead atoms. The molecule has 0 atom stereocenters. The van der Waals surface area contributed by atoms with Crippen LogP contribution in [0.4, 0.5) is 5.69 Å². The third-order valence-corrected chi connectivity index (χ3v) is 6.50. The summed E-state index contributed by atoms with van der Waals surface area (Å²) in [6, 6.07) is 14.3. The molecule has 0 aliphatic rings. The fraction of sp³-hybridized carbons (Fsp3) is 0.227. The van der Waals surface area contributed by atoms with Gasteiger partial charge < -0.3 is 10.6 Å². The average molecular weight is 439 g/mol. The highest BCUT2D eigenvalue weighted by molar-refractivity contribution is 7.80. The summed E-state index contributed by atoms with van der Waals surface area (Å²) >= 11 is 8.78. The summed E-state index contributed by atoms with van der Waals surface area (Å²) in [6.45, 7) is 3.08. The molecule has 3 heterocycles. The van der Waals surface area contributed by atoms with Gasteiger partial charge in [0.1, 0.15) is 11.4 Å². The smallest absolute Gasteiger partial charge is 0.170 e. The Kier molecular flexibility index (Phi) is 6.49. The van der Waals surface area contributed by atoms with Crippen LogP contribution in [0.15, 0.2) is 53.2 Å². The van der Waals surface area contributed by atoms with Crippen molar-refractivity contribution in [2.24, 2.45) is 0 Å². The third-order valence-electron chi connectivity index (χ3n) is 4.50. The molecule has 148 valence electrons. The number of anilines is 1. The Labute approximate surface area is 184 Å². The fourth-order valence-corrected chi connectivity index (χ4v) is 4.70. The van der Waals surface area contributed by atoms with Crippen LogP contribution in [-0.2, 0) is 0 Å². The molecule has 0 aliphatic heterocycles. The number of nitrogens with one attached hydrogen (secondary N) is 2. The van der Waals surface area contributed by atoms with Gasteiger partial charge in [-0.25, -0.2) is 9.97 Å². The molecule has 0 unspecified atom stereocenters. The van der Waals surface area contributed by atoms with Crippen LogP contribution in [0.25, 0.3) is 32.2 Å². The second kappa shape index (κ2) is 9.43. The van der Waals surface area contributed by atoms with Gasteiger partial charge in [-0.05, 0) is 59.7 Å². The Balaban J connectivity index is 1.63. The lowest BCUT2D eigenvalue weighted by Crippen LogP contribution is -2.29. The van der Waals surface area contributed by atoms with Crippen molar-refractivity contribution in [3.05, 3.63) is 53.2 Å². The standard InChI is InChI=1S/C22H22N4S3/c1-2-3-4-11-23-22(27)24-15-9-10-16-17(14-15)26-21(19-8-6-13-29-19)20(25-16)18-7-5-12-28-18/h5-10,12-14H,2-4,11H2,1H3,(H2,23,24,27). The zero-order valence-electron chi connectivity index (χ0n) is 16.1. The number of hydrogen-bond donors (Lipinski definition) is 2. The molecule has 0 saturated carbocycles. The van der Waals surface area contributed by atoms with E-state index in [0.717, 1.165) is 50.8 Å². The molecule has 1 aromatic carbocycles. The molecule has 4 rings (SSSR count). The second-order valence-electron chi connectivity index (χ2n) is 6.67. The molecule has 0 fully saturated rings. The topological polar surface area (TPSA) is 49.8 Å². The van der Waals surface area contributed by atoms with Gasteiger partial charge in [0, 0.05) is 12.2 Å². The maximum atomic E-state index is 5.42. The monoisotopic (exact) mass is 438 g/mol. The lowest BCUT2D eigenvalue weighted by Gasteiger charge is -2.12. The van der Waals surface area contributed by atoms with Gasteiger partial charge in [0.25, 0.3) is 0 Å². The molecule has 0 aliphatic carbocycles. The number of benzene rings is 1. The Morgan fingerprint density at radius 2 is 1.62 bits per heavy atom. The largest absolute Gasteiger partial charge is 0.362 e. The van der Waals surface area contributed by atoms with Gasteiger partial charge in [-0.1, -0.05) is 31.9 Å². The highest BCUT2D eigenvalue weighted by Gasteiger charge is 2.15. The number of thiophene rings is 2. The Morgan fingerprint density at radius 3 is 2.24 bits per heavy atom. The number of nitrogens with zero attached hydrogens (tertiary/aromatic N) is 2. The van der Waals surface area contributed by atoms with Crippen LogP contribution in [0.3, 0.4) is 0 Å². The predicted octanol–water partition coefficient (Wildman–Crippen LogP) is 6.56. The summed E-state index contributed by atoms with van der Waals surface area (Å²) in [5.41, 5.74) is 4.51. The minimum Gasteiger partial charge on any atom is -0.362 e. The number of thiocarbonyl (C=S) groups is 1. The Bertz CT molecular complexity index is 1090. The average Bonchev–Trinajstić information content (AvgIpc) is 3.44. The first kappa shape index (κ1) is 19.9. The molecule has 2 N–H and O–H groups in total. The molecule has 4 nitrogen and oxygen atoms in total. The fourth-order valence-electron chi connectivity index (χ4n) is 3.05. The highest BCUT2D eigenvalue weighted by atomic mass is 32.1. The Morgan fingerprint density at radius 1 is 0.931 bits per heavy atom. The second-order valence-corrected chi connectivity index (χ2v) is 8.97. The Hall–Kier alpha value is -2.35. The van der Waals surface area contributed by atoms with E-state index in [1.54, 1.807) is 22.7 Å². The lowest BCUT2D eigenvalue weighted by molar-refractivity contribution is 0.698. The van der Waals surface area contributed by atoms with Crippen molar-refractivity contribution in [2.75, 3.05) is 11.9 Å². The van der Waals surface area contributed by atoms with E-state index in [1.807, 2.05) is 30.3 Å². The van der Waals surface area contributed by atoms with Crippen LogP contribution < -0.4 is 10.6 Å². The quantitative estimate of drug-likeness (QED) is 0.253. The molecule has 7 heteroatoms. The third kappa shape index (κ3) is 4.80. The van der Waals surface area contributed by atoms with Crippen molar-refractivity contribution in [2.45, 2.75) is 26.2 Å². The van der Waals surface area contributed by atoms with Gasteiger partial charge in [0.05, 0.1) is 20.8 Å². The van der Waals surface area contributed by atoms with Gasteiger partial charge in [-0.2, -0.15) is 0 Å². The van der Waals surface area contributed by atoms with Crippen LogP contribution in [0, 0.1) is 0 Å². The summed E-state index contributed by atoms with van der Waals surface area (Å²) in [5.74, 6) is 0. The minimum atomic E-state index is 0.641. The van der Waals surface area contributed by atoms with E-state index in [0.29, 0.717) is 5.11 Å². The summed E-state index contributed by atoms with van der Waals surface area (Å²) < 4.78 is 0. The summed E-state index contributed by atoms with van der Waals surface area (Å²) in [7, 11) is 0. The van der Waals surface area contributed by atoms with Crippen molar-refractivity contribution in [3.63, 3.8) is 0 Å². The zero-order valence-corrected chi connectivity index (χ0v) is 18.6. The van der Waals surface area contributed by atoms with E-state index in [1.165, 1.54) is 12.8 Å². The maximum absolute atomic E-state index is 5.42. The predicted molar refractivity (Wildman–Crippen MR) is 130 cm³/mol. The van der Waals surface area contributed by atoms with E-state index in [4.69, 9.17) is 22.2 Å².